The third-order valence-electron chi connectivity index (χ3n) is 2.77. The van der Waals surface area contributed by atoms with Crippen molar-refractivity contribution in [3.05, 3.63) is 18.7 Å². The molecule has 1 atom stereocenters. The van der Waals surface area contributed by atoms with Crippen molar-refractivity contribution in [2.24, 2.45) is 0 Å². The highest BCUT2D eigenvalue weighted by Crippen LogP contribution is 2.14. The van der Waals surface area contributed by atoms with E-state index in [1.807, 2.05) is 12.5 Å². The topological polar surface area (TPSA) is 39.1 Å². The van der Waals surface area contributed by atoms with Gasteiger partial charge in [-0.3, -0.25) is 0 Å². The lowest BCUT2D eigenvalue weighted by Gasteiger charge is -2.27. The van der Waals surface area contributed by atoms with Crippen molar-refractivity contribution in [1.29, 1.82) is 0 Å². The number of hydrogen-bond donors (Lipinski definition) is 1. The number of ether oxygens (including phenoxy) is 1. The van der Waals surface area contributed by atoms with Crippen LogP contribution < -0.4 is 5.32 Å². The molecular formula is C12H23N3O. The molecule has 0 aliphatic rings. The van der Waals surface area contributed by atoms with Gasteiger partial charge in [0.2, 0.25) is 0 Å². The quantitative estimate of drug-likeness (QED) is 0.767. The number of imidazole rings is 1. The Balaban J connectivity index is 2.18. The highest BCUT2D eigenvalue weighted by molar-refractivity contribution is 4.77. The summed E-state index contributed by atoms with van der Waals surface area (Å²) < 4.78 is 7.48. The van der Waals surface area contributed by atoms with E-state index in [1.54, 1.807) is 13.3 Å². The molecule has 0 bridgehead atoms. The van der Waals surface area contributed by atoms with Crippen LogP contribution >= 0.6 is 0 Å². The first kappa shape index (κ1) is 13.2. The Kier molecular flexibility index (Phi) is 4.96. The van der Waals surface area contributed by atoms with Gasteiger partial charge >= 0.3 is 0 Å². The molecular weight excluding hydrogens is 202 g/mol. The number of aromatic nitrogens is 2. The van der Waals surface area contributed by atoms with Gasteiger partial charge in [-0.2, -0.15) is 0 Å². The van der Waals surface area contributed by atoms with Gasteiger partial charge in [-0.05, 0) is 27.2 Å². The second-order valence-corrected chi connectivity index (χ2v) is 4.82. The second kappa shape index (κ2) is 6.01. The van der Waals surface area contributed by atoms with Gasteiger partial charge in [-0.15, -0.1) is 0 Å². The van der Waals surface area contributed by atoms with Gasteiger partial charge in [-0.25, -0.2) is 4.98 Å². The average Bonchev–Trinajstić information content (AvgIpc) is 2.70. The molecule has 0 aliphatic heterocycles. The van der Waals surface area contributed by atoms with E-state index in [1.165, 1.54) is 0 Å². The molecule has 1 heterocycles. The van der Waals surface area contributed by atoms with Crippen LogP contribution in [0.25, 0.3) is 0 Å². The number of nitrogens with zero attached hydrogens (tertiary/aromatic N) is 2. The first-order valence-corrected chi connectivity index (χ1v) is 5.78. The molecule has 0 saturated heterocycles. The van der Waals surface area contributed by atoms with Crippen molar-refractivity contribution in [2.75, 3.05) is 13.7 Å². The molecule has 0 aliphatic carbocycles. The summed E-state index contributed by atoms with van der Waals surface area (Å²) in [5.41, 5.74) is -0.0541. The Bertz CT molecular complexity index is 282. The van der Waals surface area contributed by atoms with Crippen molar-refractivity contribution < 1.29 is 4.74 Å². The van der Waals surface area contributed by atoms with Crippen molar-refractivity contribution >= 4 is 0 Å². The summed E-state index contributed by atoms with van der Waals surface area (Å²) in [6, 6.07) is 0.457. The first-order valence-electron chi connectivity index (χ1n) is 5.78. The fraction of sp³-hybridized carbons (Fsp3) is 0.750. The van der Waals surface area contributed by atoms with Gasteiger partial charge in [0.05, 0.1) is 11.9 Å². The SMILES string of the molecule is COC(C)(C)CC(C)NCCn1ccnc1. The van der Waals surface area contributed by atoms with Crippen molar-refractivity contribution in [2.45, 2.75) is 45.4 Å². The molecule has 0 radical (unpaired) electrons. The zero-order chi connectivity index (χ0) is 12.0. The molecule has 0 saturated carbocycles. The minimum Gasteiger partial charge on any atom is -0.379 e. The number of hydrogen-bond acceptors (Lipinski definition) is 3. The molecule has 0 fully saturated rings. The zero-order valence-electron chi connectivity index (χ0n) is 10.7. The van der Waals surface area contributed by atoms with Crippen molar-refractivity contribution in [3.8, 4) is 0 Å². The predicted octanol–water partition coefficient (Wildman–Crippen LogP) is 1.68. The lowest BCUT2D eigenvalue weighted by Crippen LogP contribution is -2.37. The Morgan fingerprint density at radius 2 is 2.25 bits per heavy atom. The number of rotatable bonds is 7. The van der Waals surface area contributed by atoms with Crippen LogP contribution in [-0.4, -0.2) is 34.8 Å². The molecule has 1 N–H and O–H groups in total. The normalized spacial score (nSPS) is 14.0. The van der Waals surface area contributed by atoms with Crippen LogP contribution in [0, 0.1) is 0 Å². The fourth-order valence-corrected chi connectivity index (χ4v) is 1.75. The molecule has 1 aromatic rings. The molecule has 0 spiro atoms. The first-order chi connectivity index (χ1) is 7.53. The maximum atomic E-state index is 5.41. The van der Waals surface area contributed by atoms with Gasteiger partial charge in [0.25, 0.3) is 0 Å². The molecule has 1 rings (SSSR count). The number of nitrogens with one attached hydrogen (secondary N) is 1. The standard InChI is InChI=1S/C12H23N3O/c1-11(9-12(2,3)16-4)14-6-8-15-7-5-13-10-15/h5,7,10-11,14H,6,8-9H2,1-4H3. The van der Waals surface area contributed by atoms with Gasteiger partial charge < -0.3 is 14.6 Å². The Morgan fingerprint density at radius 1 is 1.50 bits per heavy atom. The predicted molar refractivity (Wildman–Crippen MR) is 65.4 cm³/mol. The Labute approximate surface area is 98.0 Å². The van der Waals surface area contributed by atoms with Crippen LogP contribution in [0.4, 0.5) is 0 Å². The van der Waals surface area contributed by atoms with E-state index in [-0.39, 0.29) is 5.60 Å². The van der Waals surface area contributed by atoms with E-state index in [4.69, 9.17) is 4.74 Å². The van der Waals surface area contributed by atoms with E-state index < -0.39 is 0 Å². The Hall–Kier alpha value is -0.870. The summed E-state index contributed by atoms with van der Waals surface area (Å²) in [4.78, 5) is 4.01. The maximum Gasteiger partial charge on any atom is 0.0946 e. The van der Waals surface area contributed by atoms with Crippen molar-refractivity contribution in [3.63, 3.8) is 0 Å². The summed E-state index contributed by atoms with van der Waals surface area (Å²) >= 11 is 0. The summed E-state index contributed by atoms with van der Waals surface area (Å²) in [5, 5.41) is 3.48. The van der Waals surface area contributed by atoms with Crippen LogP contribution in [0.1, 0.15) is 27.2 Å². The molecule has 16 heavy (non-hydrogen) atoms. The van der Waals surface area contributed by atoms with Crippen molar-refractivity contribution in [1.82, 2.24) is 14.9 Å². The molecule has 1 unspecified atom stereocenters. The molecule has 4 nitrogen and oxygen atoms in total. The van der Waals surface area contributed by atoms with Crippen LogP contribution in [0.5, 0.6) is 0 Å². The minimum absolute atomic E-state index is 0.0541. The van der Waals surface area contributed by atoms with Crippen LogP contribution in [0.3, 0.4) is 0 Å². The van der Waals surface area contributed by atoms with E-state index in [2.05, 4.69) is 35.6 Å². The van der Waals surface area contributed by atoms with Crippen LogP contribution in [0.2, 0.25) is 0 Å². The fourth-order valence-electron chi connectivity index (χ4n) is 1.75. The third kappa shape index (κ3) is 4.77. The molecule has 0 aromatic carbocycles. The summed E-state index contributed by atoms with van der Waals surface area (Å²) in [6.07, 6.45) is 6.63. The van der Waals surface area contributed by atoms with Gasteiger partial charge in [-0.1, -0.05) is 0 Å². The molecule has 4 heteroatoms. The molecule has 1 aromatic heterocycles. The van der Waals surface area contributed by atoms with Crippen LogP contribution in [-0.2, 0) is 11.3 Å². The van der Waals surface area contributed by atoms with Gasteiger partial charge in [0, 0.05) is 38.6 Å². The lowest BCUT2D eigenvalue weighted by atomic mass is 10.00. The minimum atomic E-state index is -0.0541. The average molecular weight is 225 g/mol. The highest BCUT2D eigenvalue weighted by atomic mass is 16.5. The summed E-state index contributed by atoms with van der Waals surface area (Å²) in [6.45, 7) is 8.33. The maximum absolute atomic E-state index is 5.41. The smallest absolute Gasteiger partial charge is 0.0946 e. The van der Waals surface area contributed by atoms with Crippen LogP contribution in [0.15, 0.2) is 18.7 Å². The largest absolute Gasteiger partial charge is 0.379 e. The zero-order valence-corrected chi connectivity index (χ0v) is 10.7. The molecule has 0 amide bonds. The van der Waals surface area contributed by atoms with Gasteiger partial charge in [0.15, 0.2) is 0 Å². The third-order valence-corrected chi connectivity index (χ3v) is 2.77. The van der Waals surface area contributed by atoms with E-state index in [9.17, 15) is 0 Å². The lowest BCUT2D eigenvalue weighted by molar-refractivity contribution is 0.00856. The monoisotopic (exact) mass is 225 g/mol. The Morgan fingerprint density at radius 3 is 2.81 bits per heavy atom. The molecule has 92 valence electrons. The van der Waals surface area contributed by atoms with E-state index in [0.717, 1.165) is 19.5 Å². The van der Waals surface area contributed by atoms with E-state index >= 15 is 0 Å². The number of methoxy groups -OCH3 is 1. The highest BCUT2D eigenvalue weighted by Gasteiger charge is 2.19. The second-order valence-electron chi connectivity index (χ2n) is 4.82. The summed E-state index contributed by atoms with van der Waals surface area (Å²) in [5.74, 6) is 0. The van der Waals surface area contributed by atoms with E-state index in [0.29, 0.717) is 6.04 Å². The summed E-state index contributed by atoms with van der Waals surface area (Å²) in [7, 11) is 1.76. The van der Waals surface area contributed by atoms with Gasteiger partial charge in [0.1, 0.15) is 0 Å².